The van der Waals surface area contributed by atoms with Gasteiger partial charge < -0.3 is 10.6 Å². The van der Waals surface area contributed by atoms with Crippen molar-refractivity contribution >= 4 is 11.7 Å². The van der Waals surface area contributed by atoms with Crippen LogP contribution in [0.3, 0.4) is 0 Å². The highest BCUT2D eigenvalue weighted by atomic mass is 15.2. The van der Waals surface area contributed by atoms with Gasteiger partial charge in [-0.1, -0.05) is 0 Å². The lowest BCUT2D eigenvalue weighted by molar-refractivity contribution is 0.573. The van der Waals surface area contributed by atoms with Crippen molar-refractivity contribution in [3.05, 3.63) is 23.4 Å². The molecule has 0 saturated carbocycles. The second-order valence-corrected chi connectivity index (χ2v) is 4.29. The molecule has 0 unspecified atom stereocenters. The predicted octanol–water partition coefficient (Wildman–Crippen LogP) is 1.66. The van der Waals surface area contributed by atoms with Crippen molar-refractivity contribution in [1.82, 2.24) is 4.98 Å². The number of hydrogen-bond acceptors (Lipinski definition) is 3. The molecule has 1 fully saturated rings. The normalized spacial score (nSPS) is 16.2. The number of aromatic nitrogens is 1. The van der Waals surface area contributed by atoms with Gasteiger partial charge >= 0.3 is 0 Å². The SMILES string of the molecule is Cc1ccnc(N2CCCCC2)c1C(=N)N. The first-order valence-corrected chi connectivity index (χ1v) is 5.75. The van der Waals surface area contributed by atoms with Crippen molar-refractivity contribution in [1.29, 1.82) is 5.41 Å². The molecule has 0 bridgehead atoms. The third-order valence-electron chi connectivity index (χ3n) is 3.06. The maximum absolute atomic E-state index is 7.65. The van der Waals surface area contributed by atoms with Gasteiger partial charge in [0.05, 0.1) is 5.56 Å². The average Bonchev–Trinajstić information content (AvgIpc) is 2.29. The van der Waals surface area contributed by atoms with Crippen LogP contribution in [0.2, 0.25) is 0 Å². The average molecular weight is 218 g/mol. The molecule has 86 valence electrons. The van der Waals surface area contributed by atoms with E-state index in [1.54, 1.807) is 6.20 Å². The number of anilines is 1. The van der Waals surface area contributed by atoms with E-state index in [4.69, 9.17) is 11.1 Å². The number of aryl methyl sites for hydroxylation is 1. The van der Waals surface area contributed by atoms with Gasteiger partial charge in [-0.05, 0) is 37.8 Å². The third-order valence-corrected chi connectivity index (χ3v) is 3.06. The molecule has 4 nitrogen and oxygen atoms in total. The Morgan fingerprint density at radius 2 is 2.06 bits per heavy atom. The molecule has 0 radical (unpaired) electrons. The highest BCUT2D eigenvalue weighted by Gasteiger charge is 2.18. The molecule has 1 aliphatic heterocycles. The maximum Gasteiger partial charge on any atom is 0.139 e. The third kappa shape index (κ3) is 2.01. The van der Waals surface area contributed by atoms with Gasteiger partial charge in [-0.25, -0.2) is 4.98 Å². The van der Waals surface area contributed by atoms with Crippen molar-refractivity contribution in [2.45, 2.75) is 26.2 Å². The number of amidine groups is 1. The summed E-state index contributed by atoms with van der Waals surface area (Å²) >= 11 is 0. The largest absolute Gasteiger partial charge is 0.384 e. The van der Waals surface area contributed by atoms with E-state index < -0.39 is 0 Å². The second-order valence-electron chi connectivity index (χ2n) is 4.29. The van der Waals surface area contributed by atoms with E-state index in [0.717, 1.165) is 30.0 Å². The summed E-state index contributed by atoms with van der Waals surface area (Å²) in [5.74, 6) is 0.998. The molecule has 1 saturated heterocycles. The number of nitrogen functional groups attached to an aromatic ring is 1. The number of pyridine rings is 1. The first-order chi connectivity index (χ1) is 7.70. The van der Waals surface area contributed by atoms with E-state index in [2.05, 4.69) is 9.88 Å². The number of rotatable bonds is 2. The number of nitrogens with zero attached hydrogens (tertiary/aromatic N) is 2. The van der Waals surface area contributed by atoms with Gasteiger partial charge in [-0.3, -0.25) is 5.41 Å². The van der Waals surface area contributed by atoms with Crippen molar-refractivity contribution < 1.29 is 0 Å². The summed E-state index contributed by atoms with van der Waals surface area (Å²) < 4.78 is 0. The second kappa shape index (κ2) is 4.51. The highest BCUT2D eigenvalue weighted by molar-refractivity contribution is 6.01. The van der Waals surface area contributed by atoms with E-state index in [1.165, 1.54) is 19.3 Å². The van der Waals surface area contributed by atoms with Gasteiger partial charge in [0.2, 0.25) is 0 Å². The van der Waals surface area contributed by atoms with Crippen LogP contribution < -0.4 is 10.6 Å². The first kappa shape index (κ1) is 10.9. The zero-order valence-electron chi connectivity index (χ0n) is 9.66. The Morgan fingerprint density at radius 3 is 2.69 bits per heavy atom. The molecule has 1 aliphatic rings. The highest BCUT2D eigenvalue weighted by Crippen LogP contribution is 2.23. The fraction of sp³-hybridized carbons (Fsp3) is 0.500. The van der Waals surface area contributed by atoms with Gasteiger partial charge in [-0.15, -0.1) is 0 Å². The van der Waals surface area contributed by atoms with E-state index in [9.17, 15) is 0 Å². The summed E-state index contributed by atoms with van der Waals surface area (Å²) in [5, 5.41) is 7.65. The van der Waals surface area contributed by atoms with Crippen LogP contribution >= 0.6 is 0 Å². The van der Waals surface area contributed by atoms with Crippen molar-refractivity contribution in [2.24, 2.45) is 5.73 Å². The van der Waals surface area contributed by atoms with Crippen LogP contribution in [0.5, 0.6) is 0 Å². The molecule has 1 aromatic heterocycles. The predicted molar refractivity (Wildman–Crippen MR) is 66.1 cm³/mol. The lowest BCUT2D eigenvalue weighted by Crippen LogP contribution is -2.32. The monoisotopic (exact) mass is 218 g/mol. The Bertz CT molecular complexity index is 394. The van der Waals surface area contributed by atoms with Crippen LogP contribution in [-0.4, -0.2) is 23.9 Å². The lowest BCUT2D eigenvalue weighted by Gasteiger charge is -2.29. The minimum atomic E-state index is 0.117. The Labute approximate surface area is 96.0 Å². The molecule has 4 heteroatoms. The molecule has 0 amide bonds. The lowest BCUT2D eigenvalue weighted by atomic mass is 10.1. The summed E-state index contributed by atoms with van der Waals surface area (Å²) in [6.07, 6.45) is 5.49. The van der Waals surface area contributed by atoms with Crippen LogP contribution in [0.15, 0.2) is 12.3 Å². The van der Waals surface area contributed by atoms with Crippen molar-refractivity contribution in [3.8, 4) is 0 Å². The molecular formula is C12H18N4. The molecule has 2 heterocycles. The topological polar surface area (TPSA) is 66.0 Å². The zero-order chi connectivity index (χ0) is 11.5. The molecule has 0 aliphatic carbocycles. The van der Waals surface area contributed by atoms with E-state index in [-0.39, 0.29) is 5.84 Å². The minimum absolute atomic E-state index is 0.117. The van der Waals surface area contributed by atoms with Crippen LogP contribution in [0.1, 0.15) is 30.4 Å². The summed E-state index contributed by atoms with van der Waals surface area (Å²) in [4.78, 5) is 6.63. The summed E-state index contributed by atoms with van der Waals surface area (Å²) in [7, 11) is 0. The molecule has 3 N–H and O–H groups in total. The van der Waals surface area contributed by atoms with Gasteiger partial charge in [0.25, 0.3) is 0 Å². The number of nitrogens with two attached hydrogens (primary N) is 1. The number of nitrogens with one attached hydrogen (secondary N) is 1. The quantitative estimate of drug-likeness (QED) is 0.586. The summed E-state index contributed by atoms with van der Waals surface area (Å²) in [5.41, 5.74) is 7.47. The van der Waals surface area contributed by atoms with Crippen molar-refractivity contribution in [2.75, 3.05) is 18.0 Å². The standard InChI is InChI=1S/C12H18N4/c1-9-5-6-15-12(10(9)11(13)14)16-7-3-2-4-8-16/h5-6H,2-4,7-8H2,1H3,(H3,13,14). The smallest absolute Gasteiger partial charge is 0.139 e. The van der Waals surface area contributed by atoms with Gasteiger partial charge in [0, 0.05) is 19.3 Å². The van der Waals surface area contributed by atoms with E-state index in [1.807, 2.05) is 13.0 Å². The fourth-order valence-corrected chi connectivity index (χ4v) is 2.22. The first-order valence-electron chi connectivity index (χ1n) is 5.75. The van der Waals surface area contributed by atoms with Crippen LogP contribution in [-0.2, 0) is 0 Å². The van der Waals surface area contributed by atoms with Crippen LogP contribution in [0, 0.1) is 12.3 Å². The van der Waals surface area contributed by atoms with Gasteiger partial charge in [-0.2, -0.15) is 0 Å². The molecule has 2 rings (SSSR count). The van der Waals surface area contributed by atoms with Crippen LogP contribution in [0.25, 0.3) is 0 Å². The molecule has 1 aromatic rings. The number of hydrogen-bond donors (Lipinski definition) is 2. The van der Waals surface area contributed by atoms with Gasteiger partial charge in [0.15, 0.2) is 0 Å². The molecule has 16 heavy (non-hydrogen) atoms. The maximum atomic E-state index is 7.65. The Balaban J connectivity index is 2.38. The van der Waals surface area contributed by atoms with E-state index >= 15 is 0 Å². The molecular weight excluding hydrogens is 200 g/mol. The van der Waals surface area contributed by atoms with Gasteiger partial charge in [0.1, 0.15) is 11.7 Å². The van der Waals surface area contributed by atoms with Crippen LogP contribution in [0.4, 0.5) is 5.82 Å². The summed E-state index contributed by atoms with van der Waals surface area (Å²) in [6.45, 7) is 4.03. The zero-order valence-corrected chi connectivity index (χ0v) is 9.66. The minimum Gasteiger partial charge on any atom is -0.384 e. The summed E-state index contributed by atoms with van der Waals surface area (Å²) in [6, 6.07) is 1.91. The Hall–Kier alpha value is -1.58. The molecule has 0 aromatic carbocycles. The number of piperidine rings is 1. The fourth-order valence-electron chi connectivity index (χ4n) is 2.22. The molecule has 0 spiro atoms. The Kier molecular flexibility index (Phi) is 3.08. The van der Waals surface area contributed by atoms with Crippen molar-refractivity contribution in [3.63, 3.8) is 0 Å². The molecule has 0 atom stereocenters. The van der Waals surface area contributed by atoms with E-state index in [0.29, 0.717) is 0 Å². The Morgan fingerprint density at radius 1 is 1.38 bits per heavy atom.